The van der Waals surface area contributed by atoms with E-state index in [1.165, 1.54) is 104 Å². The molecule has 5 rings (SSSR count). The Balaban J connectivity index is 0.000000436. The predicted octanol–water partition coefficient (Wildman–Crippen LogP) is 16.0. The third-order valence-corrected chi connectivity index (χ3v) is 11.9. The van der Waals surface area contributed by atoms with Gasteiger partial charge in [0.25, 0.3) is 0 Å². The van der Waals surface area contributed by atoms with Crippen LogP contribution in [-0.4, -0.2) is 27.8 Å². The number of rotatable bonds is 11. The number of benzene rings is 3. The van der Waals surface area contributed by atoms with Gasteiger partial charge in [-0.05, 0) is 115 Å². The summed E-state index contributed by atoms with van der Waals surface area (Å²) in [5, 5.41) is 3.14. The largest absolute Gasteiger partial charge is 0.496 e. The van der Waals surface area contributed by atoms with Gasteiger partial charge in [-0.25, -0.2) is 0 Å². The van der Waals surface area contributed by atoms with Crippen LogP contribution < -0.4 is 14.8 Å². The summed E-state index contributed by atoms with van der Waals surface area (Å²) in [7, 11) is 5.46. The third-order valence-electron chi connectivity index (χ3n) is 11.9. The molecular formula is C53H89NO2. The Morgan fingerprint density at radius 3 is 1.46 bits per heavy atom. The maximum absolute atomic E-state index is 5.77. The minimum Gasteiger partial charge on any atom is -0.496 e. The fourth-order valence-electron chi connectivity index (χ4n) is 8.47. The van der Waals surface area contributed by atoms with Gasteiger partial charge in [0.15, 0.2) is 0 Å². The van der Waals surface area contributed by atoms with Crippen LogP contribution in [0.25, 0.3) is 11.1 Å². The lowest BCUT2D eigenvalue weighted by atomic mass is 9.71. The van der Waals surface area contributed by atoms with E-state index in [2.05, 4.69) is 118 Å². The molecule has 0 amide bonds. The van der Waals surface area contributed by atoms with Gasteiger partial charge in [-0.1, -0.05) is 183 Å². The van der Waals surface area contributed by atoms with Gasteiger partial charge in [-0.3, -0.25) is 0 Å². The number of ether oxygens (including phenoxy) is 2. The molecule has 3 nitrogen and oxygen atoms in total. The van der Waals surface area contributed by atoms with Crippen molar-refractivity contribution >= 4 is 0 Å². The summed E-state index contributed by atoms with van der Waals surface area (Å²) in [6, 6.07) is 17.3. The normalized spacial score (nSPS) is 14.5. The molecule has 2 aliphatic rings. The average molecular weight is 772 g/mol. The molecule has 2 saturated carbocycles. The van der Waals surface area contributed by atoms with Crippen LogP contribution in [0.4, 0.5) is 0 Å². The van der Waals surface area contributed by atoms with Gasteiger partial charge in [-0.2, -0.15) is 0 Å². The van der Waals surface area contributed by atoms with Crippen molar-refractivity contribution in [1.29, 1.82) is 0 Å². The fraction of sp³-hybridized carbons (Fsp3) is 0.660. The molecule has 0 heterocycles. The average Bonchev–Trinajstić information content (AvgIpc) is 3.21. The van der Waals surface area contributed by atoms with E-state index in [9.17, 15) is 0 Å². The Morgan fingerprint density at radius 2 is 1.07 bits per heavy atom. The topological polar surface area (TPSA) is 30.5 Å². The van der Waals surface area contributed by atoms with Gasteiger partial charge >= 0.3 is 0 Å². The number of nitrogens with one attached hydrogen (secondary N) is 1. The molecule has 0 unspecified atom stereocenters. The molecule has 0 aliphatic heterocycles. The molecule has 0 atom stereocenters. The van der Waals surface area contributed by atoms with Crippen LogP contribution in [0.3, 0.4) is 0 Å². The monoisotopic (exact) mass is 772 g/mol. The summed E-state index contributed by atoms with van der Waals surface area (Å²) in [4.78, 5) is 0. The van der Waals surface area contributed by atoms with E-state index in [1.54, 1.807) is 14.2 Å². The molecule has 1 N–H and O–H groups in total. The highest BCUT2D eigenvalue weighted by molar-refractivity contribution is 5.82. The van der Waals surface area contributed by atoms with E-state index in [1.807, 2.05) is 33.0 Å². The van der Waals surface area contributed by atoms with Crippen molar-refractivity contribution in [2.75, 3.05) is 27.8 Å². The summed E-state index contributed by atoms with van der Waals surface area (Å²) in [5.74, 6) is 6.39. The number of likely N-dealkylation sites (N-methyl/N-ethyl adjacent to an activating group) is 1. The molecule has 2 aliphatic carbocycles. The number of aryl methyl sites for hydroxylation is 1. The van der Waals surface area contributed by atoms with E-state index in [0.717, 1.165) is 53.3 Å². The van der Waals surface area contributed by atoms with Crippen molar-refractivity contribution < 1.29 is 9.47 Å². The Kier molecular flexibility index (Phi) is 26.2. The minimum atomic E-state index is 0.427. The summed E-state index contributed by atoms with van der Waals surface area (Å²) in [5.41, 5.74) is 10.6. The molecule has 0 saturated heterocycles. The highest BCUT2D eigenvalue weighted by Crippen LogP contribution is 2.46. The van der Waals surface area contributed by atoms with Crippen molar-refractivity contribution in [3.63, 3.8) is 0 Å². The molecule has 3 heteroatoms. The Labute approximate surface area is 348 Å². The molecule has 3 aromatic rings. The molecule has 0 bridgehead atoms. The first-order chi connectivity index (χ1) is 26.9. The Bertz CT molecular complexity index is 1410. The lowest BCUT2D eigenvalue weighted by Crippen LogP contribution is -2.24. The first-order valence-corrected chi connectivity index (χ1v) is 22.9. The van der Waals surface area contributed by atoms with E-state index < -0.39 is 0 Å². The van der Waals surface area contributed by atoms with Crippen molar-refractivity contribution in [2.45, 2.75) is 185 Å². The predicted molar refractivity (Wildman–Crippen MR) is 250 cm³/mol. The van der Waals surface area contributed by atoms with Crippen molar-refractivity contribution in [3.05, 3.63) is 81.9 Å². The molecule has 0 aromatic heterocycles. The molecule has 0 radical (unpaired) electrons. The highest BCUT2D eigenvalue weighted by atomic mass is 16.5. The smallest absolute Gasteiger partial charge is 0.127 e. The van der Waals surface area contributed by atoms with E-state index in [-0.39, 0.29) is 0 Å². The molecule has 3 aromatic carbocycles. The molecule has 318 valence electrons. The van der Waals surface area contributed by atoms with Crippen molar-refractivity contribution in [2.24, 2.45) is 17.8 Å². The van der Waals surface area contributed by atoms with Gasteiger partial charge < -0.3 is 14.8 Å². The zero-order chi connectivity index (χ0) is 42.2. The lowest BCUT2D eigenvalue weighted by molar-refractivity contribution is 0.159. The maximum Gasteiger partial charge on any atom is 0.127 e. The molecular weight excluding hydrogens is 683 g/mol. The van der Waals surface area contributed by atoms with Crippen LogP contribution in [-0.2, 0) is 6.42 Å². The van der Waals surface area contributed by atoms with Crippen LogP contribution in [0.2, 0.25) is 0 Å². The molecule has 2 fully saturated rings. The second-order valence-electron chi connectivity index (χ2n) is 17.2. The Hall–Kier alpha value is -2.78. The van der Waals surface area contributed by atoms with Crippen LogP contribution in [0, 0.1) is 31.6 Å². The number of methoxy groups -OCH3 is 2. The summed E-state index contributed by atoms with van der Waals surface area (Å²) < 4.78 is 11.4. The van der Waals surface area contributed by atoms with Crippen molar-refractivity contribution in [1.82, 2.24) is 5.32 Å². The third kappa shape index (κ3) is 16.2. The first kappa shape index (κ1) is 51.2. The lowest BCUT2D eigenvalue weighted by Gasteiger charge is -2.35. The van der Waals surface area contributed by atoms with Gasteiger partial charge in [0.05, 0.1) is 14.2 Å². The summed E-state index contributed by atoms with van der Waals surface area (Å²) in [6.07, 6.45) is 17.6. The second kappa shape index (κ2) is 28.6. The zero-order valence-corrected chi connectivity index (χ0v) is 39.6. The number of hydrogen-bond acceptors (Lipinski definition) is 3. The van der Waals surface area contributed by atoms with Crippen LogP contribution in [0.1, 0.15) is 198 Å². The SMILES string of the molecule is CC.CC(C1CCCCC1)C1CCCCC1.CCC.CNCCc1ccccc1C.COc1ccc(OC)c(-c2c(C(C)C)cc(C(C)C)cc2C(C)C)c1C. The van der Waals surface area contributed by atoms with Crippen LogP contribution in [0.15, 0.2) is 48.5 Å². The number of hydrogen-bond donors (Lipinski definition) is 1. The van der Waals surface area contributed by atoms with Crippen LogP contribution in [0.5, 0.6) is 11.5 Å². The standard InChI is InChI=1S/C24H34O2.C14H26.C10H15N.C3H8.C2H6/c1-14(2)18-12-19(15(3)4)24(20(13-18)16(5)6)23-17(7)21(25-8)10-11-22(23)26-9;1-12(13-8-4-2-5-9-13)14-10-6-3-7-11-14;1-9-5-3-4-6-10(9)7-8-11-2;1-3-2;1-2/h10-16H,1-9H3;12-14H,2-11H2,1H3;3-6,11H,7-8H2,1-2H3;3H2,1-2H3;1-2H3. The quantitative estimate of drug-likeness (QED) is 0.211. The maximum atomic E-state index is 5.77. The fourth-order valence-corrected chi connectivity index (χ4v) is 8.47. The Morgan fingerprint density at radius 1 is 0.625 bits per heavy atom. The minimum absolute atomic E-state index is 0.427. The molecule has 56 heavy (non-hydrogen) atoms. The molecule has 0 spiro atoms. The van der Waals surface area contributed by atoms with E-state index in [0.29, 0.717) is 17.8 Å². The second-order valence-corrected chi connectivity index (χ2v) is 17.2. The van der Waals surface area contributed by atoms with Gasteiger partial charge in [0, 0.05) is 11.1 Å². The van der Waals surface area contributed by atoms with Gasteiger partial charge in [-0.15, -0.1) is 0 Å². The first-order valence-electron chi connectivity index (χ1n) is 22.9. The van der Waals surface area contributed by atoms with E-state index in [4.69, 9.17) is 9.47 Å². The van der Waals surface area contributed by atoms with E-state index >= 15 is 0 Å². The zero-order valence-electron chi connectivity index (χ0n) is 39.6. The highest BCUT2D eigenvalue weighted by Gasteiger charge is 2.28. The van der Waals surface area contributed by atoms with Crippen molar-refractivity contribution in [3.8, 4) is 22.6 Å². The van der Waals surface area contributed by atoms with Crippen LogP contribution >= 0.6 is 0 Å². The van der Waals surface area contributed by atoms with Gasteiger partial charge in [0.2, 0.25) is 0 Å². The summed E-state index contributed by atoms with van der Waals surface area (Å²) in [6.45, 7) is 29.8. The summed E-state index contributed by atoms with van der Waals surface area (Å²) >= 11 is 0. The van der Waals surface area contributed by atoms with Gasteiger partial charge in [0.1, 0.15) is 11.5 Å².